The van der Waals surface area contributed by atoms with Gasteiger partial charge in [-0.05, 0) is 43.7 Å². The average molecular weight is 390 g/mol. The van der Waals surface area contributed by atoms with Crippen LogP contribution in [-0.4, -0.2) is 36.0 Å². The van der Waals surface area contributed by atoms with Crippen LogP contribution < -0.4 is 15.1 Å². The molecule has 6 nitrogen and oxygen atoms in total. The van der Waals surface area contributed by atoms with Crippen LogP contribution in [0.3, 0.4) is 0 Å². The van der Waals surface area contributed by atoms with E-state index in [0.717, 1.165) is 11.4 Å². The molecule has 0 aliphatic carbocycles. The number of hydrogen-bond donors (Lipinski definition) is 1. The third-order valence-corrected chi connectivity index (χ3v) is 4.62. The first-order chi connectivity index (χ1) is 13.9. The zero-order valence-electron chi connectivity index (χ0n) is 17.3. The second-order valence-corrected chi connectivity index (χ2v) is 7.37. The van der Waals surface area contributed by atoms with E-state index in [2.05, 4.69) is 46.2 Å². The van der Waals surface area contributed by atoms with Gasteiger partial charge in [-0.2, -0.15) is 0 Å². The predicted molar refractivity (Wildman–Crippen MR) is 119 cm³/mol. The lowest BCUT2D eigenvalue weighted by atomic mass is 10.2. The van der Waals surface area contributed by atoms with Gasteiger partial charge in [-0.3, -0.25) is 4.79 Å². The summed E-state index contributed by atoms with van der Waals surface area (Å²) < 4.78 is 0. The van der Waals surface area contributed by atoms with Crippen LogP contribution in [0.1, 0.15) is 29.8 Å². The molecule has 0 saturated carbocycles. The normalized spacial score (nSPS) is 10.7. The third-order valence-electron chi connectivity index (χ3n) is 4.62. The fraction of sp³-hybridized carbons (Fsp3) is 0.261. The van der Waals surface area contributed by atoms with E-state index in [-0.39, 0.29) is 11.9 Å². The highest BCUT2D eigenvalue weighted by atomic mass is 16.1. The van der Waals surface area contributed by atoms with Gasteiger partial charge in [-0.15, -0.1) is 0 Å². The van der Waals surface area contributed by atoms with Crippen molar-refractivity contribution >= 4 is 23.2 Å². The Kier molecular flexibility index (Phi) is 6.44. The van der Waals surface area contributed by atoms with Crippen LogP contribution in [0, 0.1) is 0 Å². The van der Waals surface area contributed by atoms with E-state index in [4.69, 9.17) is 0 Å². The Bertz CT molecular complexity index is 922. The largest absolute Gasteiger partial charge is 0.378 e. The SMILES string of the molecule is CC(C)N(Cc1ccccc1)c1ncc(C(=O)Nc2ccc(N(C)C)cc2)cn1. The van der Waals surface area contributed by atoms with Crippen molar-refractivity contribution in [2.24, 2.45) is 0 Å². The summed E-state index contributed by atoms with van der Waals surface area (Å²) in [7, 11) is 3.95. The summed E-state index contributed by atoms with van der Waals surface area (Å²) in [6, 6.07) is 18.1. The standard InChI is InChI=1S/C23H27N5O/c1-17(2)28(16-18-8-6-5-7-9-18)23-24-14-19(15-25-23)22(29)26-20-10-12-21(13-11-20)27(3)4/h5-15,17H,16H2,1-4H3,(H,26,29). The van der Waals surface area contributed by atoms with E-state index < -0.39 is 0 Å². The lowest BCUT2D eigenvalue weighted by Gasteiger charge is -2.26. The molecule has 6 heteroatoms. The molecule has 0 bridgehead atoms. The first kappa shape index (κ1) is 20.3. The Balaban J connectivity index is 1.70. The molecule has 1 N–H and O–H groups in total. The highest BCUT2D eigenvalue weighted by Gasteiger charge is 2.15. The van der Waals surface area contributed by atoms with Crippen molar-refractivity contribution in [3.63, 3.8) is 0 Å². The first-order valence-electron chi connectivity index (χ1n) is 9.65. The maximum Gasteiger partial charge on any atom is 0.258 e. The van der Waals surface area contributed by atoms with Crippen LogP contribution in [0.25, 0.3) is 0 Å². The maximum absolute atomic E-state index is 12.5. The summed E-state index contributed by atoms with van der Waals surface area (Å²) in [5, 5.41) is 2.88. The molecule has 1 amide bonds. The van der Waals surface area contributed by atoms with Gasteiger partial charge in [0.05, 0.1) is 5.56 Å². The molecule has 0 saturated heterocycles. The average Bonchev–Trinajstić information content (AvgIpc) is 2.73. The lowest BCUT2D eigenvalue weighted by Crippen LogP contribution is -2.31. The van der Waals surface area contributed by atoms with Gasteiger partial charge in [0.2, 0.25) is 5.95 Å². The topological polar surface area (TPSA) is 61.4 Å². The van der Waals surface area contributed by atoms with Crippen LogP contribution >= 0.6 is 0 Å². The van der Waals surface area contributed by atoms with Crippen LogP contribution in [0.5, 0.6) is 0 Å². The summed E-state index contributed by atoms with van der Waals surface area (Å²) in [4.78, 5) is 25.5. The van der Waals surface area contributed by atoms with Crippen molar-refractivity contribution < 1.29 is 4.79 Å². The van der Waals surface area contributed by atoms with Crippen LogP contribution in [0.4, 0.5) is 17.3 Å². The molecule has 0 radical (unpaired) electrons. The number of nitrogens with zero attached hydrogens (tertiary/aromatic N) is 4. The van der Waals surface area contributed by atoms with E-state index in [1.807, 2.05) is 61.5 Å². The maximum atomic E-state index is 12.5. The molecule has 0 spiro atoms. The molecule has 0 unspecified atom stereocenters. The minimum atomic E-state index is -0.228. The number of rotatable bonds is 7. The van der Waals surface area contributed by atoms with E-state index in [9.17, 15) is 4.79 Å². The monoisotopic (exact) mass is 389 g/mol. The van der Waals surface area contributed by atoms with E-state index in [0.29, 0.717) is 18.1 Å². The van der Waals surface area contributed by atoms with Crippen LogP contribution in [0.15, 0.2) is 67.0 Å². The first-order valence-corrected chi connectivity index (χ1v) is 9.65. The summed E-state index contributed by atoms with van der Waals surface area (Å²) in [6.45, 7) is 4.91. The highest BCUT2D eigenvalue weighted by molar-refractivity contribution is 6.03. The van der Waals surface area contributed by atoms with Gasteiger partial charge in [-0.1, -0.05) is 30.3 Å². The molecular formula is C23H27N5O. The molecule has 1 heterocycles. The Morgan fingerprint density at radius 1 is 0.966 bits per heavy atom. The zero-order valence-corrected chi connectivity index (χ0v) is 17.3. The molecule has 29 heavy (non-hydrogen) atoms. The van der Waals surface area contributed by atoms with E-state index in [1.54, 1.807) is 12.4 Å². The second kappa shape index (κ2) is 9.19. The number of nitrogens with one attached hydrogen (secondary N) is 1. The molecule has 0 fully saturated rings. The molecule has 2 aromatic carbocycles. The van der Waals surface area contributed by atoms with Crippen molar-refractivity contribution in [1.29, 1.82) is 0 Å². The molecule has 150 valence electrons. The zero-order chi connectivity index (χ0) is 20.8. The fourth-order valence-electron chi connectivity index (χ4n) is 2.90. The van der Waals surface area contributed by atoms with Gasteiger partial charge in [0.15, 0.2) is 0 Å². The molecule has 0 aliphatic heterocycles. The number of amides is 1. The molecule has 3 aromatic rings. The van der Waals surface area contributed by atoms with Crippen molar-refractivity contribution in [2.45, 2.75) is 26.4 Å². The molecular weight excluding hydrogens is 362 g/mol. The van der Waals surface area contributed by atoms with E-state index in [1.165, 1.54) is 5.56 Å². The minimum absolute atomic E-state index is 0.227. The van der Waals surface area contributed by atoms with Gasteiger partial charge in [0.25, 0.3) is 5.91 Å². The molecule has 0 aliphatic rings. The van der Waals surface area contributed by atoms with Crippen molar-refractivity contribution in [1.82, 2.24) is 9.97 Å². The number of hydrogen-bond acceptors (Lipinski definition) is 5. The summed E-state index contributed by atoms with van der Waals surface area (Å²) >= 11 is 0. The van der Waals surface area contributed by atoms with Crippen LogP contribution in [-0.2, 0) is 6.54 Å². The predicted octanol–water partition coefficient (Wildman–Crippen LogP) is 4.21. The Labute approximate surface area is 172 Å². The summed E-state index contributed by atoms with van der Waals surface area (Å²) in [5.41, 5.74) is 3.42. The molecule has 1 aromatic heterocycles. The summed E-state index contributed by atoms with van der Waals surface area (Å²) in [5.74, 6) is 0.379. The van der Waals surface area contributed by atoms with Crippen LogP contribution in [0.2, 0.25) is 0 Å². The van der Waals surface area contributed by atoms with Crippen molar-refractivity contribution in [2.75, 3.05) is 29.2 Å². The number of benzene rings is 2. The summed E-state index contributed by atoms with van der Waals surface area (Å²) in [6.07, 6.45) is 3.15. The Morgan fingerprint density at radius 3 is 2.14 bits per heavy atom. The van der Waals surface area contributed by atoms with Crippen molar-refractivity contribution in [3.05, 3.63) is 78.1 Å². The quantitative estimate of drug-likeness (QED) is 0.656. The van der Waals surface area contributed by atoms with Gasteiger partial charge in [0.1, 0.15) is 0 Å². The van der Waals surface area contributed by atoms with Crippen molar-refractivity contribution in [3.8, 4) is 0 Å². The third kappa shape index (κ3) is 5.31. The number of carbonyl (C=O) groups is 1. The molecule has 3 rings (SSSR count). The number of aromatic nitrogens is 2. The Hall–Kier alpha value is -3.41. The smallest absolute Gasteiger partial charge is 0.258 e. The number of carbonyl (C=O) groups excluding carboxylic acids is 1. The van der Waals surface area contributed by atoms with Gasteiger partial charge in [0, 0.05) is 50.5 Å². The van der Waals surface area contributed by atoms with Gasteiger partial charge < -0.3 is 15.1 Å². The highest BCUT2D eigenvalue weighted by Crippen LogP contribution is 2.18. The second-order valence-electron chi connectivity index (χ2n) is 7.37. The minimum Gasteiger partial charge on any atom is -0.378 e. The molecule has 0 atom stereocenters. The number of anilines is 3. The van der Waals surface area contributed by atoms with Gasteiger partial charge in [-0.25, -0.2) is 9.97 Å². The van der Waals surface area contributed by atoms with Gasteiger partial charge >= 0.3 is 0 Å². The lowest BCUT2D eigenvalue weighted by molar-refractivity contribution is 0.102. The fourth-order valence-corrected chi connectivity index (χ4v) is 2.90. The van der Waals surface area contributed by atoms with E-state index >= 15 is 0 Å². The Morgan fingerprint density at radius 2 is 1.59 bits per heavy atom.